The Hall–Kier alpha value is -3.03. The van der Waals surface area contributed by atoms with Crippen molar-refractivity contribution in [1.29, 1.82) is 0 Å². The zero-order chi connectivity index (χ0) is 22.7. The molecule has 1 aliphatic heterocycles. The lowest BCUT2D eigenvalue weighted by atomic mass is 9.84. The average molecular weight is 463 g/mol. The molecule has 0 bridgehead atoms. The fourth-order valence-electron chi connectivity index (χ4n) is 3.72. The van der Waals surface area contributed by atoms with E-state index < -0.39 is 27.8 Å². The number of carbonyl (C=O) groups excluding carboxylic acids is 3. The number of nitrogens with zero attached hydrogens (tertiary/aromatic N) is 2. The minimum atomic E-state index is -0.814. The summed E-state index contributed by atoms with van der Waals surface area (Å²) in [5, 5.41) is -0.814. The van der Waals surface area contributed by atoms with Crippen LogP contribution in [0.2, 0.25) is 0 Å². The molecule has 3 amide bonds. The Balaban J connectivity index is 1.83. The van der Waals surface area contributed by atoms with Crippen molar-refractivity contribution in [2.24, 2.45) is 0 Å². The first-order valence-electron chi connectivity index (χ1n) is 10.1. The van der Waals surface area contributed by atoms with E-state index in [1.807, 2.05) is 54.6 Å². The van der Waals surface area contributed by atoms with Crippen LogP contribution in [0.4, 0.5) is 0 Å². The second-order valence-corrected chi connectivity index (χ2v) is 9.93. The standard InChI is InChI=1S/C25H22N2O3S2/c1-26-21(28)22(29)27(2)24(23(26)30)31-32-25(18-12-6-3-7-13-18,19-14-8-4-9-15-19)20-16-10-5-11-17-20/h3-17,24H,1-2H3. The second-order valence-electron chi connectivity index (χ2n) is 7.43. The summed E-state index contributed by atoms with van der Waals surface area (Å²) in [6.45, 7) is 0. The lowest BCUT2D eigenvalue weighted by molar-refractivity contribution is -0.162. The molecule has 1 atom stereocenters. The number of rotatable bonds is 6. The van der Waals surface area contributed by atoms with E-state index in [0.717, 1.165) is 21.6 Å². The van der Waals surface area contributed by atoms with Crippen molar-refractivity contribution in [2.45, 2.75) is 10.1 Å². The first kappa shape index (κ1) is 22.2. The van der Waals surface area contributed by atoms with Crippen LogP contribution in [0.15, 0.2) is 91.0 Å². The molecule has 1 unspecified atom stereocenters. The number of imide groups is 1. The SMILES string of the molecule is CN1C(=O)C(=O)N(C)C(SSC(c2ccccc2)(c2ccccc2)c2ccccc2)C1=O. The highest BCUT2D eigenvalue weighted by Crippen LogP contribution is 2.54. The van der Waals surface area contributed by atoms with Crippen molar-refractivity contribution in [2.75, 3.05) is 14.1 Å². The topological polar surface area (TPSA) is 57.7 Å². The van der Waals surface area contributed by atoms with Crippen LogP contribution in [-0.2, 0) is 19.1 Å². The molecule has 1 fully saturated rings. The van der Waals surface area contributed by atoms with Gasteiger partial charge in [0.1, 0.15) is 4.75 Å². The van der Waals surface area contributed by atoms with Gasteiger partial charge in [-0.3, -0.25) is 19.3 Å². The van der Waals surface area contributed by atoms with Crippen molar-refractivity contribution in [3.63, 3.8) is 0 Å². The van der Waals surface area contributed by atoms with Crippen molar-refractivity contribution in [3.05, 3.63) is 108 Å². The van der Waals surface area contributed by atoms with E-state index >= 15 is 0 Å². The van der Waals surface area contributed by atoms with Gasteiger partial charge < -0.3 is 4.90 Å². The highest BCUT2D eigenvalue weighted by Gasteiger charge is 2.45. The summed E-state index contributed by atoms with van der Waals surface area (Å²) in [7, 11) is 5.66. The van der Waals surface area contributed by atoms with Gasteiger partial charge in [-0.25, -0.2) is 0 Å². The molecule has 0 radical (unpaired) electrons. The van der Waals surface area contributed by atoms with Crippen molar-refractivity contribution in [3.8, 4) is 0 Å². The molecule has 32 heavy (non-hydrogen) atoms. The second kappa shape index (κ2) is 9.22. The number of likely N-dealkylation sites (N-methyl/N-ethyl adjacent to an activating group) is 2. The fourth-order valence-corrected chi connectivity index (χ4v) is 7.32. The van der Waals surface area contributed by atoms with Gasteiger partial charge in [0, 0.05) is 14.1 Å². The van der Waals surface area contributed by atoms with Gasteiger partial charge in [-0.15, -0.1) is 0 Å². The van der Waals surface area contributed by atoms with Crippen LogP contribution in [0, 0.1) is 0 Å². The molecule has 3 aromatic carbocycles. The molecule has 0 N–H and O–H groups in total. The maximum atomic E-state index is 12.9. The molecular weight excluding hydrogens is 440 g/mol. The molecule has 5 nitrogen and oxygen atoms in total. The number of benzene rings is 3. The Kier molecular flexibility index (Phi) is 6.39. The van der Waals surface area contributed by atoms with Crippen LogP contribution in [0.3, 0.4) is 0 Å². The van der Waals surface area contributed by atoms with Crippen LogP contribution >= 0.6 is 21.6 Å². The molecule has 162 valence electrons. The van der Waals surface area contributed by atoms with E-state index in [-0.39, 0.29) is 0 Å². The van der Waals surface area contributed by atoms with Gasteiger partial charge in [0.15, 0.2) is 5.37 Å². The number of piperazine rings is 1. The Labute approximate surface area is 195 Å². The smallest absolute Gasteiger partial charge is 0.316 e. The Bertz CT molecular complexity index is 1030. The number of hydrogen-bond donors (Lipinski definition) is 0. The Morgan fingerprint density at radius 1 is 0.656 bits per heavy atom. The maximum Gasteiger partial charge on any atom is 0.318 e. The maximum absolute atomic E-state index is 12.9. The summed E-state index contributed by atoms with van der Waals surface area (Å²) in [5.41, 5.74) is 3.16. The van der Waals surface area contributed by atoms with Crippen LogP contribution in [-0.4, -0.2) is 47.0 Å². The first-order valence-corrected chi connectivity index (χ1v) is 12.3. The van der Waals surface area contributed by atoms with Crippen LogP contribution in [0.25, 0.3) is 0 Å². The predicted octanol–water partition coefficient (Wildman–Crippen LogP) is 4.14. The quantitative estimate of drug-likeness (QED) is 0.238. The largest absolute Gasteiger partial charge is 0.318 e. The van der Waals surface area contributed by atoms with Gasteiger partial charge in [0.2, 0.25) is 0 Å². The van der Waals surface area contributed by atoms with Crippen molar-refractivity contribution in [1.82, 2.24) is 9.80 Å². The zero-order valence-electron chi connectivity index (χ0n) is 17.7. The van der Waals surface area contributed by atoms with Gasteiger partial charge in [-0.1, -0.05) is 113 Å². The molecule has 7 heteroatoms. The van der Waals surface area contributed by atoms with E-state index in [1.165, 1.54) is 40.6 Å². The summed E-state index contributed by atoms with van der Waals surface area (Å²) in [4.78, 5) is 39.5. The minimum absolute atomic E-state index is 0.405. The van der Waals surface area contributed by atoms with Gasteiger partial charge >= 0.3 is 11.8 Å². The third-order valence-corrected chi connectivity index (χ3v) is 8.85. The minimum Gasteiger partial charge on any atom is -0.316 e. The molecule has 1 heterocycles. The molecule has 0 spiro atoms. The van der Waals surface area contributed by atoms with Gasteiger partial charge in [0.25, 0.3) is 5.91 Å². The molecule has 4 rings (SSSR count). The Morgan fingerprint density at radius 3 is 1.47 bits per heavy atom. The first-order chi connectivity index (χ1) is 15.5. The highest BCUT2D eigenvalue weighted by atomic mass is 33.1. The molecule has 0 aliphatic carbocycles. The summed E-state index contributed by atoms with van der Waals surface area (Å²) >= 11 is 0. The highest BCUT2D eigenvalue weighted by molar-refractivity contribution is 8.77. The monoisotopic (exact) mass is 462 g/mol. The van der Waals surface area contributed by atoms with E-state index in [0.29, 0.717) is 0 Å². The number of amides is 3. The molecule has 1 aliphatic rings. The lowest BCUT2D eigenvalue weighted by Crippen LogP contribution is -2.58. The van der Waals surface area contributed by atoms with Crippen LogP contribution in [0.1, 0.15) is 16.7 Å². The van der Waals surface area contributed by atoms with Gasteiger partial charge in [-0.05, 0) is 16.7 Å². The summed E-state index contributed by atoms with van der Waals surface area (Å²) < 4.78 is -0.640. The van der Waals surface area contributed by atoms with E-state index in [9.17, 15) is 14.4 Å². The molecule has 0 aromatic heterocycles. The van der Waals surface area contributed by atoms with E-state index in [1.54, 1.807) is 0 Å². The zero-order valence-corrected chi connectivity index (χ0v) is 19.3. The third-order valence-electron chi connectivity index (χ3n) is 5.51. The van der Waals surface area contributed by atoms with Gasteiger partial charge in [-0.2, -0.15) is 0 Å². The summed E-state index contributed by atoms with van der Waals surface area (Å²) in [5.74, 6) is -1.90. The third kappa shape index (κ3) is 3.82. The van der Waals surface area contributed by atoms with Crippen LogP contribution in [0.5, 0.6) is 0 Å². The predicted molar refractivity (Wildman–Crippen MR) is 129 cm³/mol. The van der Waals surface area contributed by atoms with E-state index in [4.69, 9.17) is 0 Å². The summed E-state index contributed by atoms with van der Waals surface area (Å²) in [6, 6.07) is 30.3. The number of hydrogen-bond acceptors (Lipinski definition) is 5. The normalized spacial score (nSPS) is 17.1. The molecule has 3 aromatic rings. The summed E-state index contributed by atoms with van der Waals surface area (Å²) in [6.07, 6.45) is 0. The lowest BCUT2D eigenvalue weighted by Gasteiger charge is -2.38. The number of carbonyl (C=O) groups is 3. The molecular formula is C25H22N2O3S2. The Morgan fingerprint density at radius 2 is 1.06 bits per heavy atom. The fraction of sp³-hybridized carbons (Fsp3) is 0.160. The van der Waals surface area contributed by atoms with Crippen LogP contribution < -0.4 is 0 Å². The molecule has 0 saturated carbocycles. The van der Waals surface area contributed by atoms with Gasteiger partial charge in [0.05, 0.1) is 0 Å². The van der Waals surface area contributed by atoms with Crippen molar-refractivity contribution >= 4 is 39.3 Å². The van der Waals surface area contributed by atoms with Crippen molar-refractivity contribution < 1.29 is 14.4 Å². The average Bonchev–Trinajstić information content (AvgIpc) is 2.85. The van der Waals surface area contributed by atoms with E-state index in [2.05, 4.69) is 36.4 Å². The molecule has 1 saturated heterocycles.